The van der Waals surface area contributed by atoms with Crippen LogP contribution in [0.3, 0.4) is 0 Å². The number of methoxy groups -OCH3 is 2. The highest BCUT2D eigenvalue weighted by atomic mass is 35.5. The molecular formula is C9H15ClO4. The molecule has 5 heteroatoms. The van der Waals surface area contributed by atoms with E-state index in [1.165, 1.54) is 7.11 Å². The maximum absolute atomic E-state index is 11.2. The van der Waals surface area contributed by atoms with Gasteiger partial charge in [0.25, 0.3) is 0 Å². The van der Waals surface area contributed by atoms with E-state index >= 15 is 0 Å². The Morgan fingerprint density at radius 1 is 1.57 bits per heavy atom. The molecule has 1 saturated heterocycles. The van der Waals surface area contributed by atoms with Gasteiger partial charge in [-0.3, -0.25) is 4.79 Å². The zero-order valence-electron chi connectivity index (χ0n) is 8.53. The summed E-state index contributed by atoms with van der Waals surface area (Å²) < 4.78 is 15.1. The first-order chi connectivity index (χ1) is 6.60. The van der Waals surface area contributed by atoms with Gasteiger partial charge in [-0.25, -0.2) is 0 Å². The summed E-state index contributed by atoms with van der Waals surface area (Å²) >= 11 is 6.03. The van der Waals surface area contributed by atoms with E-state index in [1.54, 1.807) is 14.0 Å². The summed E-state index contributed by atoms with van der Waals surface area (Å²) in [6.07, 6.45) is -0.0342. The first-order valence-electron chi connectivity index (χ1n) is 4.50. The van der Waals surface area contributed by atoms with Crippen molar-refractivity contribution in [3.05, 3.63) is 0 Å². The van der Waals surface area contributed by atoms with E-state index in [-0.39, 0.29) is 29.7 Å². The van der Waals surface area contributed by atoms with Crippen LogP contribution in [0.15, 0.2) is 0 Å². The average molecular weight is 223 g/mol. The van der Waals surface area contributed by atoms with Gasteiger partial charge in [0, 0.05) is 13.5 Å². The van der Waals surface area contributed by atoms with Gasteiger partial charge in [-0.15, -0.1) is 11.6 Å². The van der Waals surface area contributed by atoms with Gasteiger partial charge in [-0.05, 0) is 6.92 Å². The molecule has 1 aliphatic rings. The number of ether oxygens (including phenoxy) is 3. The fourth-order valence-corrected chi connectivity index (χ4v) is 1.96. The minimum atomic E-state index is -0.359. The molecule has 0 spiro atoms. The zero-order chi connectivity index (χ0) is 10.7. The van der Waals surface area contributed by atoms with E-state index in [9.17, 15) is 4.79 Å². The first kappa shape index (κ1) is 11.8. The Morgan fingerprint density at radius 3 is 2.64 bits per heavy atom. The van der Waals surface area contributed by atoms with Crippen LogP contribution in [0.2, 0.25) is 0 Å². The molecule has 0 N–H and O–H groups in total. The Kier molecular flexibility index (Phi) is 4.16. The Bertz CT molecular complexity index is 209. The van der Waals surface area contributed by atoms with Crippen molar-refractivity contribution in [1.82, 2.24) is 0 Å². The van der Waals surface area contributed by atoms with Gasteiger partial charge >= 0.3 is 5.97 Å². The van der Waals surface area contributed by atoms with Crippen LogP contribution in [0.4, 0.5) is 0 Å². The van der Waals surface area contributed by atoms with Crippen molar-refractivity contribution in [3.63, 3.8) is 0 Å². The van der Waals surface area contributed by atoms with Crippen molar-refractivity contribution in [3.8, 4) is 0 Å². The summed E-state index contributed by atoms with van der Waals surface area (Å²) in [6, 6.07) is 0. The van der Waals surface area contributed by atoms with Gasteiger partial charge in [0.2, 0.25) is 0 Å². The van der Waals surface area contributed by atoms with Crippen LogP contribution < -0.4 is 0 Å². The van der Waals surface area contributed by atoms with E-state index in [1.807, 2.05) is 0 Å². The van der Waals surface area contributed by atoms with Gasteiger partial charge in [0.1, 0.15) is 0 Å². The van der Waals surface area contributed by atoms with E-state index < -0.39 is 0 Å². The second-order valence-electron chi connectivity index (χ2n) is 3.33. The molecular weight excluding hydrogens is 208 g/mol. The lowest BCUT2D eigenvalue weighted by molar-refractivity contribution is -0.158. The minimum absolute atomic E-state index is 0.200. The van der Waals surface area contributed by atoms with Crippen LogP contribution in [0.25, 0.3) is 0 Å². The third-order valence-corrected chi connectivity index (χ3v) is 2.84. The lowest BCUT2D eigenvalue weighted by Gasteiger charge is -2.19. The Morgan fingerprint density at radius 2 is 2.21 bits per heavy atom. The number of hydrogen-bond acceptors (Lipinski definition) is 4. The van der Waals surface area contributed by atoms with Crippen LogP contribution in [-0.2, 0) is 19.0 Å². The van der Waals surface area contributed by atoms with Gasteiger partial charge in [-0.1, -0.05) is 0 Å². The summed E-state index contributed by atoms with van der Waals surface area (Å²) in [4.78, 5) is 11.2. The molecule has 0 aliphatic carbocycles. The number of esters is 1. The normalized spacial score (nSPS) is 34.1. The molecule has 82 valence electrons. The van der Waals surface area contributed by atoms with Crippen molar-refractivity contribution in [1.29, 1.82) is 0 Å². The molecule has 0 aromatic carbocycles. The second-order valence-corrected chi connectivity index (χ2v) is 3.89. The molecule has 1 heterocycles. The summed E-state index contributed by atoms with van der Waals surface area (Å²) in [6.45, 7) is 1.74. The van der Waals surface area contributed by atoms with Crippen LogP contribution in [0, 0.1) is 5.92 Å². The quantitative estimate of drug-likeness (QED) is 0.531. The molecule has 14 heavy (non-hydrogen) atoms. The summed E-state index contributed by atoms with van der Waals surface area (Å²) in [7, 11) is 2.91. The smallest absolute Gasteiger partial charge is 0.311 e. The maximum atomic E-state index is 11.2. The van der Waals surface area contributed by atoms with Crippen molar-refractivity contribution in [2.75, 3.05) is 14.2 Å². The minimum Gasteiger partial charge on any atom is -0.469 e. The summed E-state index contributed by atoms with van der Waals surface area (Å²) in [5, 5.41) is -0.200. The van der Waals surface area contributed by atoms with Crippen molar-refractivity contribution < 1.29 is 19.0 Å². The predicted molar refractivity (Wildman–Crippen MR) is 51.1 cm³/mol. The molecule has 0 aromatic heterocycles. The SMILES string of the molecule is COC(=O)[C@@H](C)[C@H]1O[C@H](OC)C[C@H]1Cl. The molecule has 0 bridgehead atoms. The first-order valence-corrected chi connectivity index (χ1v) is 4.94. The topological polar surface area (TPSA) is 44.8 Å². The Hall–Kier alpha value is -0.320. The standard InChI is InChI=1S/C9H15ClO4/c1-5(9(11)13-3)8-6(10)4-7(12-2)14-8/h5-8H,4H2,1-3H3/t5-,6+,7-,8+/m0/s1. The second kappa shape index (κ2) is 4.96. The van der Waals surface area contributed by atoms with E-state index in [0.717, 1.165) is 0 Å². The van der Waals surface area contributed by atoms with Gasteiger partial charge < -0.3 is 14.2 Å². The fraction of sp³-hybridized carbons (Fsp3) is 0.889. The molecule has 0 amide bonds. The zero-order valence-corrected chi connectivity index (χ0v) is 9.28. The molecule has 4 atom stereocenters. The van der Waals surface area contributed by atoms with E-state index in [2.05, 4.69) is 4.74 Å². The highest BCUT2D eigenvalue weighted by Gasteiger charge is 2.40. The average Bonchev–Trinajstić information content (AvgIpc) is 2.57. The maximum Gasteiger partial charge on any atom is 0.311 e. The van der Waals surface area contributed by atoms with Crippen LogP contribution in [0.1, 0.15) is 13.3 Å². The highest BCUT2D eigenvalue weighted by molar-refractivity contribution is 6.21. The Balaban J connectivity index is 2.56. The van der Waals surface area contributed by atoms with Gasteiger partial charge in [0.15, 0.2) is 6.29 Å². The molecule has 0 saturated carbocycles. The van der Waals surface area contributed by atoms with E-state index in [4.69, 9.17) is 21.1 Å². The molecule has 1 rings (SSSR count). The largest absolute Gasteiger partial charge is 0.469 e. The number of halogens is 1. The number of rotatable bonds is 3. The fourth-order valence-electron chi connectivity index (χ4n) is 1.54. The predicted octanol–water partition coefficient (Wildman–Crippen LogP) is 1.16. The lowest BCUT2D eigenvalue weighted by atomic mass is 10.0. The monoisotopic (exact) mass is 222 g/mol. The highest BCUT2D eigenvalue weighted by Crippen LogP contribution is 2.30. The summed E-state index contributed by atoms with van der Waals surface area (Å²) in [5.74, 6) is -0.667. The van der Waals surface area contributed by atoms with Gasteiger partial charge in [0.05, 0.1) is 24.5 Å². The number of hydrogen-bond donors (Lipinski definition) is 0. The van der Waals surface area contributed by atoms with Gasteiger partial charge in [-0.2, -0.15) is 0 Å². The molecule has 0 unspecified atom stereocenters. The molecule has 4 nitrogen and oxygen atoms in total. The number of alkyl halides is 1. The number of carbonyl (C=O) groups is 1. The van der Waals surface area contributed by atoms with Crippen LogP contribution >= 0.6 is 11.6 Å². The molecule has 1 aliphatic heterocycles. The molecule has 1 fully saturated rings. The number of carbonyl (C=O) groups excluding carboxylic acids is 1. The Labute approximate surface area is 88.5 Å². The molecule has 0 aromatic rings. The van der Waals surface area contributed by atoms with Crippen molar-refractivity contribution in [2.45, 2.75) is 31.1 Å². The van der Waals surface area contributed by atoms with Crippen LogP contribution in [-0.4, -0.2) is 38.0 Å². The third-order valence-electron chi connectivity index (χ3n) is 2.41. The van der Waals surface area contributed by atoms with E-state index in [0.29, 0.717) is 6.42 Å². The lowest BCUT2D eigenvalue weighted by Crippen LogP contribution is -2.32. The third kappa shape index (κ3) is 2.38. The van der Waals surface area contributed by atoms with Crippen molar-refractivity contribution >= 4 is 17.6 Å². The van der Waals surface area contributed by atoms with Crippen molar-refractivity contribution in [2.24, 2.45) is 5.92 Å². The molecule has 0 radical (unpaired) electrons. The summed E-state index contributed by atoms with van der Waals surface area (Å²) in [5.41, 5.74) is 0. The van der Waals surface area contributed by atoms with Crippen LogP contribution in [0.5, 0.6) is 0 Å².